The predicted molar refractivity (Wildman–Crippen MR) is 75.5 cm³/mol. The highest BCUT2D eigenvalue weighted by Gasteiger charge is 2.08. The molecular weight excluding hydrogens is 224 g/mol. The zero-order valence-electron chi connectivity index (χ0n) is 11.6. The molecule has 0 aliphatic heterocycles. The van der Waals surface area contributed by atoms with Crippen LogP contribution >= 0.6 is 0 Å². The summed E-state index contributed by atoms with van der Waals surface area (Å²) in [6.07, 6.45) is 1.91. The summed E-state index contributed by atoms with van der Waals surface area (Å²) < 4.78 is 0. The molecule has 18 heavy (non-hydrogen) atoms. The number of carbonyl (C=O) groups excluding carboxylic acids is 1. The summed E-state index contributed by atoms with van der Waals surface area (Å²) in [6.45, 7) is 6.57. The van der Waals surface area contributed by atoms with Crippen molar-refractivity contribution in [1.82, 2.24) is 10.6 Å². The zero-order valence-corrected chi connectivity index (χ0v) is 11.6. The number of nitrogens with one attached hydrogen (secondary N) is 2. The Balaban J connectivity index is 2.25. The van der Waals surface area contributed by atoms with Crippen LogP contribution in [0.5, 0.6) is 0 Å². The van der Waals surface area contributed by atoms with Gasteiger partial charge in [0.2, 0.25) is 5.91 Å². The standard InChI is InChI=1S/C15H24N2O/c1-4-12(2)17-15(18)11-16-13(3)10-14-8-6-5-7-9-14/h5-9,12-13,16H,4,10-11H2,1-3H3,(H,17,18). The van der Waals surface area contributed by atoms with Gasteiger partial charge >= 0.3 is 0 Å². The lowest BCUT2D eigenvalue weighted by Gasteiger charge is -2.15. The predicted octanol–water partition coefficient (Wildman–Crippen LogP) is 2.12. The summed E-state index contributed by atoms with van der Waals surface area (Å²) in [7, 11) is 0. The van der Waals surface area contributed by atoms with Gasteiger partial charge in [-0.2, -0.15) is 0 Å². The number of hydrogen-bond donors (Lipinski definition) is 2. The van der Waals surface area contributed by atoms with E-state index in [1.165, 1.54) is 5.56 Å². The minimum absolute atomic E-state index is 0.0734. The second kappa shape index (κ2) is 7.88. The molecule has 0 aromatic heterocycles. The summed E-state index contributed by atoms with van der Waals surface area (Å²) >= 11 is 0. The van der Waals surface area contributed by atoms with Crippen LogP contribution in [0, 0.1) is 0 Å². The van der Waals surface area contributed by atoms with E-state index < -0.39 is 0 Å². The van der Waals surface area contributed by atoms with Crippen LogP contribution in [-0.4, -0.2) is 24.5 Å². The van der Waals surface area contributed by atoms with Crippen LogP contribution < -0.4 is 10.6 Å². The Morgan fingerprint density at radius 1 is 1.17 bits per heavy atom. The molecule has 3 heteroatoms. The third-order valence-electron chi connectivity index (χ3n) is 3.02. The number of carbonyl (C=O) groups is 1. The van der Waals surface area contributed by atoms with Gasteiger partial charge in [0.05, 0.1) is 6.54 Å². The van der Waals surface area contributed by atoms with Crippen LogP contribution in [0.25, 0.3) is 0 Å². The fourth-order valence-electron chi connectivity index (χ4n) is 1.73. The molecule has 0 aliphatic carbocycles. The molecule has 0 radical (unpaired) electrons. The molecule has 0 heterocycles. The molecule has 1 amide bonds. The molecular formula is C15H24N2O. The topological polar surface area (TPSA) is 41.1 Å². The minimum atomic E-state index is 0.0734. The van der Waals surface area contributed by atoms with Gasteiger partial charge in [0, 0.05) is 12.1 Å². The van der Waals surface area contributed by atoms with E-state index in [9.17, 15) is 4.79 Å². The fourth-order valence-corrected chi connectivity index (χ4v) is 1.73. The van der Waals surface area contributed by atoms with Crippen molar-refractivity contribution in [3.63, 3.8) is 0 Å². The Morgan fingerprint density at radius 2 is 1.83 bits per heavy atom. The maximum Gasteiger partial charge on any atom is 0.234 e. The Bertz CT molecular complexity index is 351. The molecule has 0 bridgehead atoms. The van der Waals surface area contributed by atoms with Crippen LogP contribution in [0.1, 0.15) is 32.8 Å². The fraction of sp³-hybridized carbons (Fsp3) is 0.533. The van der Waals surface area contributed by atoms with Gasteiger partial charge < -0.3 is 10.6 Å². The lowest BCUT2D eigenvalue weighted by Crippen LogP contribution is -2.41. The van der Waals surface area contributed by atoms with Crippen molar-refractivity contribution >= 4 is 5.91 Å². The van der Waals surface area contributed by atoms with Crippen LogP contribution in [0.2, 0.25) is 0 Å². The largest absolute Gasteiger partial charge is 0.353 e. The van der Waals surface area contributed by atoms with Gasteiger partial charge in [-0.05, 0) is 32.3 Å². The molecule has 2 atom stereocenters. The normalized spacial score (nSPS) is 13.9. The number of hydrogen-bond acceptors (Lipinski definition) is 2. The van der Waals surface area contributed by atoms with Crippen molar-refractivity contribution < 1.29 is 4.79 Å². The third-order valence-corrected chi connectivity index (χ3v) is 3.02. The first kappa shape index (κ1) is 14.7. The number of rotatable bonds is 7. The van der Waals surface area contributed by atoms with E-state index in [1.807, 2.05) is 25.1 Å². The molecule has 0 saturated heterocycles. The smallest absolute Gasteiger partial charge is 0.234 e. The molecule has 1 rings (SSSR count). The Kier molecular flexibility index (Phi) is 6.44. The van der Waals surface area contributed by atoms with Crippen LogP contribution in [-0.2, 0) is 11.2 Å². The maximum absolute atomic E-state index is 11.6. The van der Waals surface area contributed by atoms with Crippen molar-refractivity contribution in [2.75, 3.05) is 6.54 Å². The lowest BCUT2D eigenvalue weighted by molar-refractivity contribution is -0.120. The van der Waals surface area contributed by atoms with Gasteiger partial charge in [-0.15, -0.1) is 0 Å². The molecule has 0 spiro atoms. The molecule has 0 fully saturated rings. The Hall–Kier alpha value is -1.35. The molecule has 2 unspecified atom stereocenters. The van der Waals surface area contributed by atoms with Crippen molar-refractivity contribution in [2.24, 2.45) is 0 Å². The summed E-state index contributed by atoms with van der Waals surface area (Å²) in [5.74, 6) is 0.0734. The summed E-state index contributed by atoms with van der Waals surface area (Å²) in [5.41, 5.74) is 1.29. The molecule has 2 N–H and O–H groups in total. The second-order valence-corrected chi connectivity index (χ2v) is 4.85. The van der Waals surface area contributed by atoms with Crippen molar-refractivity contribution in [3.8, 4) is 0 Å². The van der Waals surface area contributed by atoms with Crippen LogP contribution in [0.4, 0.5) is 0 Å². The lowest BCUT2D eigenvalue weighted by atomic mass is 10.1. The Labute approximate surface area is 110 Å². The molecule has 1 aromatic carbocycles. The molecule has 0 aliphatic rings. The SMILES string of the molecule is CCC(C)NC(=O)CNC(C)Cc1ccccc1. The van der Waals surface area contributed by atoms with Crippen LogP contribution in [0.3, 0.4) is 0 Å². The third kappa shape index (κ3) is 5.82. The average Bonchev–Trinajstić information content (AvgIpc) is 2.37. The summed E-state index contributed by atoms with van der Waals surface area (Å²) in [6, 6.07) is 10.9. The molecule has 100 valence electrons. The first-order valence-corrected chi connectivity index (χ1v) is 6.68. The van der Waals surface area contributed by atoms with Crippen LogP contribution in [0.15, 0.2) is 30.3 Å². The Morgan fingerprint density at radius 3 is 2.44 bits per heavy atom. The van der Waals surface area contributed by atoms with E-state index >= 15 is 0 Å². The number of benzene rings is 1. The first-order chi connectivity index (χ1) is 8.61. The quantitative estimate of drug-likeness (QED) is 0.776. The first-order valence-electron chi connectivity index (χ1n) is 6.68. The highest BCUT2D eigenvalue weighted by Crippen LogP contribution is 2.02. The molecule has 1 aromatic rings. The second-order valence-electron chi connectivity index (χ2n) is 4.85. The van der Waals surface area contributed by atoms with E-state index in [4.69, 9.17) is 0 Å². The minimum Gasteiger partial charge on any atom is -0.353 e. The van der Waals surface area contributed by atoms with E-state index in [0.717, 1.165) is 12.8 Å². The van der Waals surface area contributed by atoms with E-state index in [1.54, 1.807) is 0 Å². The molecule has 0 saturated carbocycles. The highest BCUT2D eigenvalue weighted by molar-refractivity contribution is 5.78. The van der Waals surface area contributed by atoms with Crippen molar-refractivity contribution in [2.45, 2.75) is 45.7 Å². The van der Waals surface area contributed by atoms with E-state index in [-0.39, 0.29) is 11.9 Å². The summed E-state index contributed by atoms with van der Waals surface area (Å²) in [4.78, 5) is 11.6. The molecule has 3 nitrogen and oxygen atoms in total. The number of amides is 1. The monoisotopic (exact) mass is 248 g/mol. The average molecular weight is 248 g/mol. The van der Waals surface area contributed by atoms with E-state index in [0.29, 0.717) is 12.6 Å². The van der Waals surface area contributed by atoms with Gasteiger partial charge in [0.25, 0.3) is 0 Å². The van der Waals surface area contributed by atoms with Gasteiger partial charge in [0.15, 0.2) is 0 Å². The summed E-state index contributed by atoms with van der Waals surface area (Å²) in [5, 5.41) is 6.20. The van der Waals surface area contributed by atoms with Gasteiger partial charge in [-0.25, -0.2) is 0 Å². The highest BCUT2D eigenvalue weighted by atomic mass is 16.1. The van der Waals surface area contributed by atoms with Crippen molar-refractivity contribution in [3.05, 3.63) is 35.9 Å². The van der Waals surface area contributed by atoms with Crippen molar-refractivity contribution in [1.29, 1.82) is 0 Å². The van der Waals surface area contributed by atoms with Gasteiger partial charge in [0.1, 0.15) is 0 Å². The maximum atomic E-state index is 11.6. The van der Waals surface area contributed by atoms with Gasteiger partial charge in [-0.1, -0.05) is 37.3 Å². The van der Waals surface area contributed by atoms with E-state index in [2.05, 4.69) is 36.6 Å². The zero-order chi connectivity index (χ0) is 13.4. The van der Waals surface area contributed by atoms with Gasteiger partial charge in [-0.3, -0.25) is 4.79 Å².